The molecular formula is C18H32N2O. The van der Waals surface area contributed by atoms with Crippen LogP contribution in [0.5, 0.6) is 0 Å². The third-order valence-corrected chi connectivity index (χ3v) is 4.99. The molecule has 1 heterocycles. The number of nitrogens with zero attached hydrogens (tertiary/aromatic N) is 1. The van der Waals surface area contributed by atoms with E-state index < -0.39 is 0 Å². The molecule has 3 heteroatoms. The van der Waals surface area contributed by atoms with Crippen LogP contribution in [0.25, 0.3) is 0 Å². The van der Waals surface area contributed by atoms with Crippen molar-refractivity contribution in [3.05, 3.63) is 23.7 Å². The van der Waals surface area contributed by atoms with Gasteiger partial charge in [0.1, 0.15) is 5.76 Å². The van der Waals surface area contributed by atoms with Crippen LogP contribution in [0.3, 0.4) is 0 Å². The summed E-state index contributed by atoms with van der Waals surface area (Å²) < 4.78 is 5.72. The van der Waals surface area contributed by atoms with E-state index in [4.69, 9.17) is 4.42 Å². The highest BCUT2D eigenvalue weighted by Crippen LogP contribution is 2.29. The summed E-state index contributed by atoms with van der Waals surface area (Å²) in [5.41, 5.74) is 1.32. The highest BCUT2D eigenvalue weighted by atomic mass is 16.3. The summed E-state index contributed by atoms with van der Waals surface area (Å²) in [4.78, 5) is 2.49. The maximum Gasteiger partial charge on any atom is 0.122 e. The Balaban J connectivity index is 1.82. The van der Waals surface area contributed by atoms with Gasteiger partial charge in [0.05, 0.1) is 12.8 Å². The molecule has 0 bridgehead atoms. The summed E-state index contributed by atoms with van der Waals surface area (Å²) in [6.07, 6.45) is 9.84. The van der Waals surface area contributed by atoms with Crippen LogP contribution < -0.4 is 5.32 Å². The van der Waals surface area contributed by atoms with Gasteiger partial charge in [-0.3, -0.25) is 4.90 Å². The lowest BCUT2D eigenvalue weighted by molar-refractivity contribution is 0.148. The molecule has 0 spiro atoms. The van der Waals surface area contributed by atoms with Crippen LogP contribution in [-0.4, -0.2) is 24.5 Å². The van der Waals surface area contributed by atoms with Crippen molar-refractivity contribution in [2.24, 2.45) is 5.92 Å². The summed E-state index contributed by atoms with van der Waals surface area (Å²) in [7, 11) is 2.25. The molecule has 1 saturated carbocycles. The average molecular weight is 292 g/mol. The number of nitrogens with one attached hydrogen (secondary N) is 1. The second-order valence-corrected chi connectivity index (χ2v) is 6.54. The molecule has 1 aliphatic rings. The van der Waals surface area contributed by atoms with Gasteiger partial charge in [-0.2, -0.15) is 0 Å². The molecule has 3 nitrogen and oxygen atoms in total. The molecule has 0 aromatic carbocycles. The van der Waals surface area contributed by atoms with E-state index in [2.05, 4.69) is 37.2 Å². The lowest BCUT2D eigenvalue weighted by Gasteiger charge is -2.34. The van der Waals surface area contributed by atoms with E-state index in [0.29, 0.717) is 0 Å². The number of rotatable bonds is 8. The Hall–Kier alpha value is -0.800. The van der Waals surface area contributed by atoms with Crippen molar-refractivity contribution in [1.29, 1.82) is 0 Å². The Kier molecular flexibility index (Phi) is 6.78. The van der Waals surface area contributed by atoms with E-state index >= 15 is 0 Å². The predicted molar refractivity (Wildman–Crippen MR) is 88.2 cm³/mol. The molecule has 1 aromatic rings. The Labute approximate surface area is 130 Å². The highest BCUT2D eigenvalue weighted by Gasteiger charge is 2.24. The minimum Gasteiger partial charge on any atom is -0.468 e. The van der Waals surface area contributed by atoms with Gasteiger partial charge in [-0.1, -0.05) is 20.3 Å². The van der Waals surface area contributed by atoms with Crippen molar-refractivity contribution < 1.29 is 4.42 Å². The maximum atomic E-state index is 5.72. The average Bonchev–Trinajstić information content (AvgIpc) is 2.95. The second kappa shape index (κ2) is 8.60. The van der Waals surface area contributed by atoms with Crippen LogP contribution in [-0.2, 0) is 13.1 Å². The van der Waals surface area contributed by atoms with Crippen LogP contribution >= 0.6 is 0 Å². The van der Waals surface area contributed by atoms with E-state index in [1.165, 1.54) is 44.1 Å². The molecule has 2 rings (SSSR count). The SMILES string of the molecule is CCCNCc1ccoc1CN(C)C1CCC(CC)CC1. The molecule has 0 radical (unpaired) electrons. The van der Waals surface area contributed by atoms with E-state index in [9.17, 15) is 0 Å². The molecule has 1 aliphatic carbocycles. The first-order valence-electron chi connectivity index (χ1n) is 8.70. The Morgan fingerprint density at radius 3 is 2.67 bits per heavy atom. The molecule has 1 N–H and O–H groups in total. The smallest absolute Gasteiger partial charge is 0.122 e. The first-order valence-corrected chi connectivity index (χ1v) is 8.70. The van der Waals surface area contributed by atoms with Crippen LogP contribution in [0.4, 0.5) is 0 Å². The van der Waals surface area contributed by atoms with E-state index in [1.54, 1.807) is 0 Å². The van der Waals surface area contributed by atoms with Gasteiger partial charge in [-0.15, -0.1) is 0 Å². The second-order valence-electron chi connectivity index (χ2n) is 6.54. The van der Waals surface area contributed by atoms with Gasteiger partial charge in [0, 0.05) is 18.2 Å². The minimum absolute atomic E-state index is 0.731. The number of furan rings is 1. The van der Waals surface area contributed by atoms with Gasteiger partial charge in [-0.05, 0) is 57.7 Å². The largest absolute Gasteiger partial charge is 0.468 e. The fourth-order valence-corrected chi connectivity index (χ4v) is 3.41. The van der Waals surface area contributed by atoms with Crippen LogP contribution in [0, 0.1) is 5.92 Å². The summed E-state index contributed by atoms with van der Waals surface area (Å²) >= 11 is 0. The lowest BCUT2D eigenvalue weighted by Crippen LogP contribution is -2.34. The van der Waals surface area contributed by atoms with Gasteiger partial charge in [0.2, 0.25) is 0 Å². The third kappa shape index (κ3) is 4.86. The number of hydrogen-bond acceptors (Lipinski definition) is 3. The summed E-state index contributed by atoms with van der Waals surface area (Å²) in [6, 6.07) is 2.84. The fraction of sp³-hybridized carbons (Fsp3) is 0.778. The van der Waals surface area contributed by atoms with Crippen LogP contribution in [0.2, 0.25) is 0 Å². The van der Waals surface area contributed by atoms with Crippen molar-refractivity contribution in [1.82, 2.24) is 10.2 Å². The molecule has 21 heavy (non-hydrogen) atoms. The number of hydrogen-bond donors (Lipinski definition) is 1. The Morgan fingerprint density at radius 2 is 2.00 bits per heavy atom. The van der Waals surface area contributed by atoms with Crippen LogP contribution in [0.15, 0.2) is 16.7 Å². The maximum absolute atomic E-state index is 5.72. The zero-order valence-electron chi connectivity index (χ0n) is 14.0. The molecule has 0 amide bonds. The quantitative estimate of drug-likeness (QED) is 0.729. The van der Waals surface area contributed by atoms with Gasteiger partial charge in [0.25, 0.3) is 0 Å². The first kappa shape index (κ1) is 16.6. The Morgan fingerprint density at radius 1 is 1.24 bits per heavy atom. The normalized spacial score (nSPS) is 22.9. The van der Waals surface area contributed by atoms with Crippen molar-refractivity contribution in [3.63, 3.8) is 0 Å². The van der Waals surface area contributed by atoms with Crippen molar-refractivity contribution in [3.8, 4) is 0 Å². The summed E-state index contributed by atoms with van der Waals surface area (Å²) in [5, 5.41) is 3.47. The lowest BCUT2D eigenvalue weighted by atomic mass is 9.84. The molecule has 1 aromatic heterocycles. The minimum atomic E-state index is 0.731. The molecule has 0 unspecified atom stereocenters. The topological polar surface area (TPSA) is 28.4 Å². The highest BCUT2D eigenvalue weighted by molar-refractivity contribution is 5.16. The molecule has 0 saturated heterocycles. The summed E-state index contributed by atoms with van der Waals surface area (Å²) in [6.45, 7) is 7.46. The molecule has 0 aliphatic heterocycles. The fourth-order valence-electron chi connectivity index (χ4n) is 3.41. The zero-order valence-corrected chi connectivity index (χ0v) is 14.0. The van der Waals surface area contributed by atoms with Gasteiger partial charge in [0.15, 0.2) is 0 Å². The first-order chi connectivity index (χ1) is 10.2. The predicted octanol–water partition coefficient (Wildman–Crippen LogP) is 4.18. The molecule has 120 valence electrons. The van der Waals surface area contributed by atoms with Crippen molar-refractivity contribution >= 4 is 0 Å². The van der Waals surface area contributed by atoms with Crippen molar-refractivity contribution in [2.75, 3.05) is 13.6 Å². The van der Waals surface area contributed by atoms with E-state index in [-0.39, 0.29) is 0 Å². The van der Waals surface area contributed by atoms with Gasteiger partial charge in [-0.25, -0.2) is 0 Å². The zero-order chi connectivity index (χ0) is 15.1. The molecule has 0 atom stereocenters. The molecular weight excluding hydrogens is 260 g/mol. The molecule has 1 fully saturated rings. The van der Waals surface area contributed by atoms with Gasteiger partial charge < -0.3 is 9.73 Å². The summed E-state index contributed by atoms with van der Waals surface area (Å²) in [5.74, 6) is 2.10. The van der Waals surface area contributed by atoms with E-state index in [1.807, 2.05) is 6.26 Å². The van der Waals surface area contributed by atoms with Crippen LogP contribution in [0.1, 0.15) is 63.7 Å². The van der Waals surface area contributed by atoms with Crippen molar-refractivity contribution in [2.45, 2.75) is 71.5 Å². The standard InChI is InChI=1S/C18H32N2O/c1-4-11-19-13-16-10-12-21-18(16)14-20(3)17-8-6-15(5-2)7-9-17/h10,12,15,17,19H,4-9,11,13-14H2,1-3H3. The van der Waals surface area contributed by atoms with E-state index in [0.717, 1.165) is 37.4 Å². The monoisotopic (exact) mass is 292 g/mol. The third-order valence-electron chi connectivity index (χ3n) is 4.99. The van der Waals surface area contributed by atoms with Gasteiger partial charge >= 0.3 is 0 Å². The Bertz CT molecular complexity index is 394.